The van der Waals surface area contributed by atoms with Gasteiger partial charge in [0.05, 0.1) is 11.6 Å². The SMILES string of the molecule is Cc1ccc(NC(=O)c2cccc(Cl)c2)cc1Nc1ncnn2cc(C(=O)N[C@@H](C)c3ccccc3)c(C)c12. The van der Waals surface area contributed by atoms with Crippen molar-refractivity contribution in [3.05, 3.63) is 118 Å². The third-order valence-electron chi connectivity index (χ3n) is 6.55. The summed E-state index contributed by atoms with van der Waals surface area (Å²) in [5.74, 6) is 0.0841. The Morgan fingerprint density at radius 3 is 2.51 bits per heavy atom. The van der Waals surface area contributed by atoms with Crippen molar-refractivity contribution in [2.45, 2.75) is 26.8 Å². The quantitative estimate of drug-likeness (QED) is 0.220. The van der Waals surface area contributed by atoms with Crippen LogP contribution in [0.4, 0.5) is 17.2 Å². The Bertz CT molecular complexity index is 1680. The van der Waals surface area contributed by atoms with Crippen molar-refractivity contribution < 1.29 is 9.59 Å². The predicted molar refractivity (Wildman–Crippen MR) is 154 cm³/mol. The number of carbonyl (C=O) groups excluding carboxylic acids is 2. The van der Waals surface area contributed by atoms with Crippen molar-refractivity contribution in [2.75, 3.05) is 10.6 Å². The number of fused-ring (bicyclic) bond motifs is 1. The molecule has 0 fully saturated rings. The number of carbonyl (C=O) groups is 2. The van der Waals surface area contributed by atoms with Gasteiger partial charge in [-0.25, -0.2) is 9.50 Å². The van der Waals surface area contributed by atoms with Crippen LogP contribution < -0.4 is 16.0 Å². The van der Waals surface area contributed by atoms with Crippen molar-refractivity contribution in [2.24, 2.45) is 0 Å². The van der Waals surface area contributed by atoms with E-state index in [0.717, 1.165) is 22.4 Å². The number of rotatable bonds is 7. The normalized spacial score (nSPS) is 11.7. The van der Waals surface area contributed by atoms with Crippen LogP contribution in [0.25, 0.3) is 5.52 Å². The van der Waals surface area contributed by atoms with E-state index in [1.807, 2.05) is 69.3 Å². The van der Waals surface area contributed by atoms with E-state index in [-0.39, 0.29) is 17.9 Å². The molecule has 39 heavy (non-hydrogen) atoms. The maximum atomic E-state index is 13.2. The molecule has 0 saturated carbocycles. The molecule has 196 valence electrons. The van der Waals surface area contributed by atoms with Crippen molar-refractivity contribution in [1.82, 2.24) is 19.9 Å². The summed E-state index contributed by atoms with van der Waals surface area (Å²) in [4.78, 5) is 30.4. The summed E-state index contributed by atoms with van der Waals surface area (Å²) in [6, 6.07) is 22.0. The zero-order valence-electron chi connectivity index (χ0n) is 21.7. The Labute approximate surface area is 231 Å². The van der Waals surface area contributed by atoms with Crippen molar-refractivity contribution in [3.8, 4) is 0 Å². The predicted octanol–water partition coefficient (Wildman–Crippen LogP) is 6.49. The van der Waals surface area contributed by atoms with Crippen LogP contribution in [0.1, 0.15) is 50.4 Å². The molecule has 5 rings (SSSR count). The van der Waals surface area contributed by atoms with Gasteiger partial charge in [-0.3, -0.25) is 9.59 Å². The molecule has 2 heterocycles. The molecule has 0 aliphatic heterocycles. The molecule has 0 bridgehead atoms. The van der Waals surface area contributed by atoms with Gasteiger partial charge >= 0.3 is 0 Å². The molecule has 9 heteroatoms. The number of nitrogens with one attached hydrogen (secondary N) is 3. The second kappa shape index (κ2) is 11.0. The average Bonchev–Trinajstić information content (AvgIpc) is 3.28. The third kappa shape index (κ3) is 5.61. The summed E-state index contributed by atoms with van der Waals surface area (Å²) in [5, 5.41) is 14.2. The fraction of sp³-hybridized carbons (Fsp3) is 0.133. The van der Waals surface area contributed by atoms with E-state index < -0.39 is 0 Å². The van der Waals surface area contributed by atoms with E-state index in [2.05, 4.69) is 26.0 Å². The number of aromatic nitrogens is 3. The molecule has 2 aromatic heterocycles. The second-order valence-electron chi connectivity index (χ2n) is 9.29. The van der Waals surface area contributed by atoms with Crippen molar-refractivity contribution in [3.63, 3.8) is 0 Å². The standard InChI is InChI=1S/C30H27ClN6O2/c1-18-12-13-24(35-29(38)22-10-7-11-23(31)14-22)15-26(18)36-28-27-19(2)25(16-37(27)33-17-32-28)30(39)34-20(3)21-8-5-4-6-9-21/h4-17,20H,1-3H3,(H,34,39)(H,35,38)(H,32,33,36)/t20-/m0/s1. The summed E-state index contributed by atoms with van der Waals surface area (Å²) in [6.45, 7) is 5.78. The minimum absolute atomic E-state index is 0.155. The lowest BCUT2D eigenvalue weighted by Crippen LogP contribution is -2.26. The summed E-state index contributed by atoms with van der Waals surface area (Å²) < 4.78 is 1.65. The Hall–Kier alpha value is -4.69. The fourth-order valence-electron chi connectivity index (χ4n) is 4.38. The van der Waals surface area contributed by atoms with Crippen molar-refractivity contribution in [1.29, 1.82) is 0 Å². The number of hydrogen-bond acceptors (Lipinski definition) is 5. The van der Waals surface area contributed by atoms with E-state index in [1.54, 1.807) is 35.0 Å². The van der Waals surface area contributed by atoms with Gasteiger partial charge < -0.3 is 16.0 Å². The topological polar surface area (TPSA) is 100 Å². The van der Waals surface area contributed by atoms with Gasteiger partial charge in [-0.2, -0.15) is 5.10 Å². The van der Waals surface area contributed by atoms with Gasteiger partial charge in [-0.15, -0.1) is 0 Å². The van der Waals surface area contributed by atoms with Crippen LogP contribution in [0.2, 0.25) is 5.02 Å². The molecule has 2 amide bonds. The van der Waals surface area contributed by atoms with E-state index >= 15 is 0 Å². The number of benzene rings is 3. The molecule has 0 aliphatic carbocycles. The second-order valence-corrected chi connectivity index (χ2v) is 9.73. The first-order chi connectivity index (χ1) is 18.8. The molecule has 3 N–H and O–H groups in total. The van der Waals surface area contributed by atoms with Crippen LogP contribution in [0, 0.1) is 13.8 Å². The van der Waals surface area contributed by atoms with Gasteiger partial charge in [0.25, 0.3) is 11.8 Å². The Morgan fingerprint density at radius 1 is 0.949 bits per heavy atom. The maximum Gasteiger partial charge on any atom is 0.255 e. The lowest BCUT2D eigenvalue weighted by Gasteiger charge is -2.14. The molecule has 0 radical (unpaired) electrons. The van der Waals surface area contributed by atoms with Crippen LogP contribution in [0.5, 0.6) is 0 Å². The molecule has 1 atom stereocenters. The monoisotopic (exact) mass is 538 g/mol. The highest BCUT2D eigenvalue weighted by Gasteiger charge is 2.20. The molecule has 0 saturated heterocycles. The minimum Gasteiger partial charge on any atom is -0.345 e. The number of halogens is 1. The van der Waals surface area contributed by atoms with E-state index in [0.29, 0.717) is 33.2 Å². The van der Waals surface area contributed by atoms with Crippen LogP contribution in [0.15, 0.2) is 85.3 Å². The van der Waals surface area contributed by atoms with Crippen LogP contribution >= 0.6 is 11.6 Å². The molecule has 5 aromatic rings. The van der Waals surface area contributed by atoms with Gasteiger partial charge in [-0.05, 0) is 67.8 Å². The summed E-state index contributed by atoms with van der Waals surface area (Å²) in [5.41, 5.74) is 5.75. The number of hydrogen-bond donors (Lipinski definition) is 3. The first kappa shape index (κ1) is 25.9. The first-order valence-corrected chi connectivity index (χ1v) is 12.8. The lowest BCUT2D eigenvalue weighted by molar-refractivity contribution is 0.0938. The van der Waals surface area contributed by atoms with E-state index in [9.17, 15) is 9.59 Å². The van der Waals surface area contributed by atoms with Gasteiger partial charge in [0.15, 0.2) is 5.82 Å². The van der Waals surface area contributed by atoms with Gasteiger partial charge in [0, 0.05) is 28.2 Å². The largest absolute Gasteiger partial charge is 0.345 e. The maximum absolute atomic E-state index is 13.2. The number of amides is 2. The summed E-state index contributed by atoms with van der Waals surface area (Å²) >= 11 is 6.03. The summed E-state index contributed by atoms with van der Waals surface area (Å²) in [6.07, 6.45) is 3.14. The number of aryl methyl sites for hydroxylation is 2. The zero-order chi connectivity index (χ0) is 27.5. The van der Waals surface area contributed by atoms with Gasteiger partial charge in [0.2, 0.25) is 0 Å². The van der Waals surface area contributed by atoms with Crippen LogP contribution in [-0.2, 0) is 0 Å². The number of anilines is 3. The highest BCUT2D eigenvalue weighted by Crippen LogP contribution is 2.29. The molecular weight excluding hydrogens is 512 g/mol. The third-order valence-corrected chi connectivity index (χ3v) is 6.79. The summed E-state index contributed by atoms with van der Waals surface area (Å²) in [7, 11) is 0. The zero-order valence-corrected chi connectivity index (χ0v) is 22.5. The molecule has 0 aliphatic rings. The van der Waals surface area contributed by atoms with Crippen LogP contribution in [0.3, 0.4) is 0 Å². The van der Waals surface area contributed by atoms with Crippen LogP contribution in [-0.4, -0.2) is 26.4 Å². The molecule has 8 nitrogen and oxygen atoms in total. The average molecular weight is 539 g/mol. The fourth-order valence-corrected chi connectivity index (χ4v) is 4.57. The first-order valence-electron chi connectivity index (χ1n) is 12.4. The van der Waals surface area contributed by atoms with Gasteiger partial charge in [-0.1, -0.05) is 54.1 Å². The highest BCUT2D eigenvalue weighted by atomic mass is 35.5. The number of nitrogens with zero attached hydrogens (tertiary/aromatic N) is 3. The van der Waals surface area contributed by atoms with E-state index in [1.165, 1.54) is 6.33 Å². The Kier molecular flexibility index (Phi) is 7.29. The molecule has 3 aromatic carbocycles. The lowest BCUT2D eigenvalue weighted by atomic mass is 10.1. The molecule has 0 unspecified atom stereocenters. The van der Waals surface area contributed by atoms with Crippen molar-refractivity contribution >= 4 is 46.1 Å². The highest BCUT2D eigenvalue weighted by molar-refractivity contribution is 6.31. The smallest absolute Gasteiger partial charge is 0.255 e. The Morgan fingerprint density at radius 2 is 1.74 bits per heavy atom. The Balaban J connectivity index is 1.40. The molecule has 0 spiro atoms. The minimum atomic E-state index is -0.264. The van der Waals surface area contributed by atoms with Gasteiger partial charge in [0.1, 0.15) is 11.8 Å². The molecular formula is C30H27ClN6O2. The van der Waals surface area contributed by atoms with E-state index in [4.69, 9.17) is 11.6 Å².